The van der Waals surface area contributed by atoms with Gasteiger partial charge in [-0.1, -0.05) is 11.6 Å². The Morgan fingerprint density at radius 2 is 2.11 bits per heavy atom. The van der Waals surface area contributed by atoms with Gasteiger partial charge < -0.3 is 10.1 Å². The molecule has 0 bridgehead atoms. The number of amides is 1. The Kier molecular flexibility index (Phi) is 4.44. The number of rotatable bonds is 4. The summed E-state index contributed by atoms with van der Waals surface area (Å²) in [6.45, 7) is 1.90. The minimum Gasteiger partial charge on any atom is -0.481 e. The van der Waals surface area contributed by atoms with Crippen LogP contribution >= 0.6 is 11.6 Å². The number of ether oxygens (including phenoxy) is 1. The summed E-state index contributed by atoms with van der Waals surface area (Å²) in [5.41, 5.74) is 2.64. The van der Waals surface area contributed by atoms with Gasteiger partial charge in [-0.2, -0.15) is 0 Å². The van der Waals surface area contributed by atoms with Crippen LogP contribution in [0.5, 0.6) is 5.88 Å². The van der Waals surface area contributed by atoms with Crippen molar-refractivity contribution in [2.24, 2.45) is 5.92 Å². The average Bonchev–Trinajstić information content (AvgIpc) is 3.38. The normalized spacial score (nSPS) is 18.4. The summed E-state index contributed by atoms with van der Waals surface area (Å²) in [5, 5.41) is 4.81. The number of benzene rings is 1. The molecule has 1 aliphatic carbocycles. The van der Waals surface area contributed by atoms with Gasteiger partial charge in [-0.05, 0) is 48.6 Å². The molecule has 2 atom stereocenters. The minimum absolute atomic E-state index is 0.277. The van der Waals surface area contributed by atoms with E-state index in [1.165, 1.54) is 0 Å². The van der Waals surface area contributed by atoms with Gasteiger partial charge in [0.25, 0.3) is 0 Å². The third kappa shape index (κ3) is 3.45. The minimum atomic E-state index is -1.04. The number of anilines is 1. The van der Waals surface area contributed by atoms with Gasteiger partial charge in [-0.25, -0.2) is 14.4 Å². The van der Waals surface area contributed by atoms with Crippen molar-refractivity contribution >= 4 is 34.1 Å². The van der Waals surface area contributed by atoms with Crippen LogP contribution in [0.4, 0.5) is 10.2 Å². The van der Waals surface area contributed by atoms with E-state index in [4.69, 9.17) is 16.3 Å². The summed E-state index contributed by atoms with van der Waals surface area (Å²) in [6, 6.07) is 9.28. The van der Waals surface area contributed by atoms with Crippen LogP contribution in [-0.4, -0.2) is 29.2 Å². The highest BCUT2D eigenvalue weighted by molar-refractivity contribution is 6.36. The number of hydrogen-bond acceptors (Lipinski definition) is 4. The molecule has 5 nitrogen and oxygen atoms in total. The summed E-state index contributed by atoms with van der Waals surface area (Å²) in [4.78, 5) is 20.6. The second kappa shape index (κ2) is 6.78. The van der Waals surface area contributed by atoms with Crippen molar-refractivity contribution in [3.8, 4) is 17.0 Å². The van der Waals surface area contributed by atoms with Crippen LogP contribution in [0.1, 0.15) is 12.1 Å². The molecule has 0 spiro atoms. The zero-order valence-corrected chi connectivity index (χ0v) is 15.5. The topological polar surface area (TPSA) is 64.1 Å². The van der Waals surface area contributed by atoms with Crippen LogP contribution in [0, 0.1) is 12.8 Å². The van der Waals surface area contributed by atoms with Crippen LogP contribution in [0.25, 0.3) is 21.9 Å². The number of carbonyl (C=O) groups excluding carboxylic acids is 1. The monoisotopic (exact) mass is 385 g/mol. The van der Waals surface area contributed by atoms with Gasteiger partial charge in [0.05, 0.1) is 18.1 Å². The number of nitrogens with zero attached hydrogens (tertiary/aromatic N) is 2. The van der Waals surface area contributed by atoms with Crippen LogP contribution in [0.15, 0.2) is 36.5 Å². The van der Waals surface area contributed by atoms with E-state index < -0.39 is 12.1 Å². The Hall–Kier alpha value is -2.73. The van der Waals surface area contributed by atoms with Crippen molar-refractivity contribution in [1.29, 1.82) is 0 Å². The van der Waals surface area contributed by atoms with Crippen molar-refractivity contribution < 1.29 is 13.9 Å². The summed E-state index contributed by atoms with van der Waals surface area (Å²) < 4.78 is 18.2. The highest BCUT2D eigenvalue weighted by Gasteiger charge is 2.43. The molecule has 3 aromatic rings. The maximum Gasteiger partial charge on any atom is 0.231 e. The number of nitrogens with one attached hydrogen (secondary N) is 1. The molecule has 2 heterocycles. The maximum atomic E-state index is 13.1. The van der Waals surface area contributed by atoms with E-state index in [0.717, 1.165) is 27.6 Å². The second-order valence-corrected chi connectivity index (χ2v) is 6.99. The first-order chi connectivity index (χ1) is 13.0. The number of fused-ring (bicyclic) bond motifs is 1. The lowest BCUT2D eigenvalue weighted by atomic mass is 10.0. The Morgan fingerprint density at radius 1 is 1.33 bits per heavy atom. The predicted molar refractivity (Wildman–Crippen MR) is 103 cm³/mol. The first-order valence-corrected chi connectivity index (χ1v) is 8.90. The Morgan fingerprint density at radius 3 is 2.78 bits per heavy atom. The number of pyridine rings is 2. The number of alkyl halides is 1. The van der Waals surface area contributed by atoms with Gasteiger partial charge in [0.15, 0.2) is 0 Å². The van der Waals surface area contributed by atoms with E-state index in [2.05, 4.69) is 15.3 Å². The molecule has 27 heavy (non-hydrogen) atoms. The fraction of sp³-hybridized carbons (Fsp3) is 0.250. The summed E-state index contributed by atoms with van der Waals surface area (Å²) in [7, 11) is 1.57. The molecule has 2 aromatic heterocycles. The van der Waals surface area contributed by atoms with Crippen molar-refractivity contribution in [2.75, 3.05) is 12.4 Å². The first-order valence-electron chi connectivity index (χ1n) is 8.52. The van der Waals surface area contributed by atoms with Gasteiger partial charge >= 0.3 is 0 Å². The molecule has 0 saturated heterocycles. The maximum absolute atomic E-state index is 13.1. The Bertz CT molecular complexity index is 1060. The van der Waals surface area contributed by atoms with Crippen LogP contribution in [-0.2, 0) is 4.79 Å². The van der Waals surface area contributed by atoms with Gasteiger partial charge in [0.1, 0.15) is 12.0 Å². The number of aryl methyl sites for hydroxylation is 1. The number of aromatic nitrogens is 2. The van der Waals surface area contributed by atoms with Crippen molar-refractivity contribution in [2.45, 2.75) is 19.5 Å². The molecule has 1 N–H and O–H groups in total. The lowest BCUT2D eigenvalue weighted by Crippen LogP contribution is -2.15. The summed E-state index contributed by atoms with van der Waals surface area (Å²) in [6.07, 6.45) is 0.840. The Balaban J connectivity index is 1.71. The smallest absolute Gasteiger partial charge is 0.231 e. The molecule has 0 radical (unpaired) electrons. The fourth-order valence-electron chi connectivity index (χ4n) is 3.05. The molecular weight excluding hydrogens is 369 g/mol. The van der Waals surface area contributed by atoms with E-state index in [0.29, 0.717) is 16.7 Å². The van der Waals surface area contributed by atoms with Gasteiger partial charge in [-0.3, -0.25) is 4.79 Å². The zero-order valence-electron chi connectivity index (χ0n) is 14.8. The molecule has 1 aromatic carbocycles. The molecule has 1 aliphatic rings. The highest BCUT2D eigenvalue weighted by Crippen LogP contribution is 2.36. The fourth-order valence-corrected chi connectivity index (χ4v) is 3.32. The molecule has 1 saturated carbocycles. The van der Waals surface area contributed by atoms with E-state index in [9.17, 15) is 9.18 Å². The van der Waals surface area contributed by atoms with Gasteiger partial charge in [-0.15, -0.1) is 0 Å². The molecule has 0 aliphatic heterocycles. The standard InChI is InChI=1S/C20H17ClFN3O2/c1-10-13(3-4-19(24-10)27-2)11-5-12-7-18(23-9-15(12)16(21)6-11)25-20(26)14-8-17(14)22/h3-7,9,14,17H,8H2,1-2H3,(H,23,25,26)/t14-,17+/m1/s1. The molecule has 1 amide bonds. The summed E-state index contributed by atoms with van der Waals surface area (Å²) >= 11 is 6.44. The zero-order chi connectivity index (χ0) is 19.1. The van der Waals surface area contributed by atoms with Crippen LogP contribution in [0.3, 0.4) is 0 Å². The van der Waals surface area contributed by atoms with Crippen molar-refractivity contribution in [3.63, 3.8) is 0 Å². The SMILES string of the molecule is COc1ccc(-c2cc(Cl)c3cnc(NC(=O)[C@@H]4C[C@@H]4F)cc3c2)c(C)n1. The number of hydrogen-bond donors (Lipinski definition) is 1. The summed E-state index contributed by atoms with van der Waals surface area (Å²) in [5.74, 6) is 0.0187. The Labute approximate surface area is 160 Å². The van der Waals surface area contributed by atoms with Crippen molar-refractivity contribution in [3.05, 3.63) is 47.2 Å². The first kappa shape index (κ1) is 17.7. The highest BCUT2D eigenvalue weighted by atomic mass is 35.5. The number of carbonyl (C=O) groups is 1. The lowest BCUT2D eigenvalue weighted by Gasteiger charge is -2.11. The predicted octanol–water partition coefficient (Wildman–Crippen LogP) is 4.56. The number of halogens is 2. The van der Waals surface area contributed by atoms with Crippen LogP contribution < -0.4 is 10.1 Å². The van der Waals surface area contributed by atoms with E-state index in [-0.39, 0.29) is 12.3 Å². The molecule has 0 unspecified atom stereocenters. The second-order valence-electron chi connectivity index (χ2n) is 6.58. The quantitative estimate of drug-likeness (QED) is 0.714. The largest absolute Gasteiger partial charge is 0.481 e. The lowest BCUT2D eigenvalue weighted by molar-refractivity contribution is -0.117. The third-order valence-corrected chi connectivity index (χ3v) is 4.98. The molecule has 4 rings (SSSR count). The third-order valence-electron chi connectivity index (χ3n) is 4.67. The molecule has 1 fully saturated rings. The molecular formula is C20H17ClFN3O2. The molecule has 7 heteroatoms. The van der Waals surface area contributed by atoms with E-state index in [1.807, 2.05) is 25.1 Å². The van der Waals surface area contributed by atoms with E-state index >= 15 is 0 Å². The van der Waals surface area contributed by atoms with Gasteiger partial charge in [0, 0.05) is 28.9 Å². The average molecular weight is 386 g/mol. The van der Waals surface area contributed by atoms with Crippen LogP contribution in [0.2, 0.25) is 5.02 Å². The molecule has 138 valence electrons. The van der Waals surface area contributed by atoms with Crippen molar-refractivity contribution in [1.82, 2.24) is 9.97 Å². The number of methoxy groups -OCH3 is 1. The van der Waals surface area contributed by atoms with E-state index in [1.54, 1.807) is 25.4 Å². The van der Waals surface area contributed by atoms with Gasteiger partial charge in [0.2, 0.25) is 11.8 Å².